The molecule has 1 aliphatic rings. The maximum atomic E-state index is 14.1. The Morgan fingerprint density at radius 1 is 1.16 bits per heavy atom. The lowest BCUT2D eigenvalue weighted by atomic mass is 9.96. The second kappa shape index (κ2) is 10.2. The van der Waals surface area contributed by atoms with E-state index in [2.05, 4.69) is 24.0 Å². The van der Waals surface area contributed by atoms with Crippen LogP contribution >= 0.6 is 46.3 Å². The number of thioether (sulfide) groups is 1. The minimum atomic E-state index is -0.104. The summed E-state index contributed by atoms with van der Waals surface area (Å²) in [4.78, 5) is 16.1. The number of hydrogen-bond donors (Lipinski definition) is 0. The van der Waals surface area contributed by atoms with Crippen LogP contribution in [-0.2, 0) is 23.5 Å². The monoisotopic (exact) mass is 586 g/mol. The minimum Gasteiger partial charge on any atom is -0.497 e. The van der Waals surface area contributed by atoms with Gasteiger partial charge < -0.3 is 9.47 Å². The summed E-state index contributed by atoms with van der Waals surface area (Å²) in [6, 6.07) is 13.0. The van der Waals surface area contributed by atoms with Crippen LogP contribution in [0.2, 0.25) is 10.0 Å². The molecule has 5 aromatic rings. The Kier molecular flexibility index (Phi) is 6.90. The predicted molar refractivity (Wildman–Crippen MR) is 154 cm³/mol. The standard InChI is InChI=1S/C27H24Cl2N4O3S2/c1-14(2)21-11-18-22(12-36-21)38-25-23(18)24(34)32(16-5-7-17(35-3)8-6-16)26-30-31-27(33(25)26)37-13-15-4-9-19(28)20(29)10-15/h4-10,14,21H,11-13H2,1-3H3/t21-/m0/s1. The third-order valence-corrected chi connectivity index (χ3v) is 9.70. The fourth-order valence-electron chi connectivity index (χ4n) is 4.70. The minimum absolute atomic E-state index is 0.0641. The lowest BCUT2D eigenvalue weighted by Gasteiger charge is -2.26. The van der Waals surface area contributed by atoms with E-state index in [4.69, 9.17) is 32.7 Å². The maximum absolute atomic E-state index is 14.1. The zero-order valence-corrected chi connectivity index (χ0v) is 24.0. The highest BCUT2D eigenvalue weighted by atomic mass is 35.5. The molecule has 1 atom stereocenters. The van der Waals surface area contributed by atoms with Crippen molar-refractivity contribution >= 4 is 62.3 Å². The first-order valence-electron chi connectivity index (χ1n) is 12.1. The van der Waals surface area contributed by atoms with Gasteiger partial charge in [-0.2, -0.15) is 0 Å². The Morgan fingerprint density at radius 3 is 2.66 bits per heavy atom. The van der Waals surface area contributed by atoms with Crippen LogP contribution in [0, 0.1) is 5.92 Å². The van der Waals surface area contributed by atoms with Gasteiger partial charge in [-0.3, -0.25) is 4.79 Å². The topological polar surface area (TPSA) is 70.7 Å². The highest BCUT2D eigenvalue weighted by Gasteiger charge is 2.30. The smallest absolute Gasteiger partial charge is 0.268 e. The van der Waals surface area contributed by atoms with E-state index in [1.807, 2.05) is 40.8 Å². The molecule has 196 valence electrons. The molecular weight excluding hydrogens is 563 g/mol. The molecule has 0 fully saturated rings. The number of aromatic nitrogens is 4. The molecule has 11 heteroatoms. The number of halogens is 2. The average molecular weight is 588 g/mol. The van der Waals surface area contributed by atoms with Gasteiger partial charge in [0.15, 0.2) is 5.16 Å². The first kappa shape index (κ1) is 25.7. The van der Waals surface area contributed by atoms with Crippen LogP contribution in [-0.4, -0.2) is 32.4 Å². The van der Waals surface area contributed by atoms with Gasteiger partial charge in [0.2, 0.25) is 5.78 Å². The summed E-state index contributed by atoms with van der Waals surface area (Å²) in [7, 11) is 1.62. The summed E-state index contributed by atoms with van der Waals surface area (Å²) in [5.74, 6) is 2.13. The van der Waals surface area contributed by atoms with Gasteiger partial charge in [-0.25, -0.2) is 8.97 Å². The third-order valence-electron chi connectivity index (χ3n) is 6.77. The summed E-state index contributed by atoms with van der Waals surface area (Å²) in [6.45, 7) is 4.79. The van der Waals surface area contributed by atoms with Crippen LogP contribution in [0.4, 0.5) is 0 Å². The van der Waals surface area contributed by atoms with Gasteiger partial charge in [0.1, 0.15) is 10.6 Å². The molecule has 38 heavy (non-hydrogen) atoms. The van der Waals surface area contributed by atoms with Crippen molar-refractivity contribution in [1.82, 2.24) is 19.2 Å². The van der Waals surface area contributed by atoms with E-state index in [-0.39, 0.29) is 11.7 Å². The quantitative estimate of drug-likeness (QED) is 0.204. The summed E-state index contributed by atoms with van der Waals surface area (Å²) >= 11 is 15.5. The normalized spacial score (nSPS) is 15.5. The first-order valence-corrected chi connectivity index (χ1v) is 14.7. The third kappa shape index (κ3) is 4.40. The van der Waals surface area contributed by atoms with Crippen LogP contribution in [0.5, 0.6) is 5.75 Å². The number of methoxy groups -OCH3 is 1. The van der Waals surface area contributed by atoms with Crippen molar-refractivity contribution in [2.24, 2.45) is 5.92 Å². The van der Waals surface area contributed by atoms with Crippen molar-refractivity contribution in [2.75, 3.05) is 7.11 Å². The maximum Gasteiger partial charge on any atom is 0.268 e. The molecule has 1 aliphatic heterocycles. The average Bonchev–Trinajstić information content (AvgIpc) is 3.51. The van der Waals surface area contributed by atoms with Gasteiger partial charge in [-0.15, -0.1) is 21.5 Å². The van der Waals surface area contributed by atoms with E-state index in [1.165, 1.54) is 11.8 Å². The largest absolute Gasteiger partial charge is 0.497 e. The lowest BCUT2D eigenvalue weighted by molar-refractivity contribution is 0.00200. The van der Waals surface area contributed by atoms with Crippen LogP contribution in [0.15, 0.2) is 52.4 Å². The molecule has 0 spiro atoms. The number of hydrogen-bond acceptors (Lipinski definition) is 7. The van der Waals surface area contributed by atoms with Crippen molar-refractivity contribution in [3.63, 3.8) is 0 Å². The molecule has 7 nitrogen and oxygen atoms in total. The first-order chi connectivity index (χ1) is 18.4. The lowest BCUT2D eigenvalue weighted by Crippen LogP contribution is -2.28. The number of thiophene rings is 1. The molecule has 0 saturated heterocycles. The number of benzene rings is 2. The van der Waals surface area contributed by atoms with E-state index in [0.29, 0.717) is 62.5 Å². The van der Waals surface area contributed by atoms with Crippen molar-refractivity contribution in [3.05, 3.63) is 78.9 Å². The van der Waals surface area contributed by atoms with Gasteiger partial charge in [0, 0.05) is 17.1 Å². The van der Waals surface area contributed by atoms with E-state index < -0.39 is 0 Å². The van der Waals surface area contributed by atoms with Crippen LogP contribution in [0.1, 0.15) is 29.9 Å². The Morgan fingerprint density at radius 2 is 1.95 bits per heavy atom. The van der Waals surface area contributed by atoms with Gasteiger partial charge in [-0.1, -0.05) is 54.9 Å². The zero-order valence-electron chi connectivity index (χ0n) is 20.9. The van der Waals surface area contributed by atoms with Gasteiger partial charge >= 0.3 is 0 Å². The summed E-state index contributed by atoms with van der Waals surface area (Å²) in [5.41, 5.74) is 2.68. The predicted octanol–water partition coefficient (Wildman–Crippen LogP) is 6.80. The zero-order chi connectivity index (χ0) is 26.6. The van der Waals surface area contributed by atoms with Crippen molar-refractivity contribution in [2.45, 2.75) is 43.9 Å². The second-order valence-corrected chi connectivity index (χ2v) is 12.3. The summed E-state index contributed by atoms with van der Waals surface area (Å²) < 4.78 is 15.1. The summed E-state index contributed by atoms with van der Waals surface area (Å²) in [5, 5.41) is 11.4. The van der Waals surface area contributed by atoms with Crippen molar-refractivity contribution < 1.29 is 9.47 Å². The van der Waals surface area contributed by atoms with Crippen LogP contribution < -0.4 is 10.3 Å². The van der Waals surface area contributed by atoms with E-state index in [1.54, 1.807) is 29.1 Å². The second-order valence-electron chi connectivity index (χ2n) is 9.48. The van der Waals surface area contributed by atoms with Gasteiger partial charge in [0.05, 0.1) is 40.9 Å². The highest BCUT2D eigenvalue weighted by Crippen LogP contribution is 2.38. The Hall–Kier alpha value is -2.56. The Bertz CT molecular complexity index is 1730. The van der Waals surface area contributed by atoms with Crippen molar-refractivity contribution in [3.8, 4) is 11.4 Å². The number of rotatable bonds is 6. The highest BCUT2D eigenvalue weighted by molar-refractivity contribution is 7.98. The molecule has 0 bridgehead atoms. The molecule has 2 aromatic carbocycles. The molecule has 0 aliphatic carbocycles. The SMILES string of the molecule is COc1ccc(-n2c(=O)c3c4c(sc3n3c(SCc5ccc(Cl)c(Cl)c5)nnc23)CO[C@H](C(C)C)C4)cc1. The molecule has 4 heterocycles. The van der Waals surface area contributed by atoms with E-state index in [0.717, 1.165) is 20.8 Å². The summed E-state index contributed by atoms with van der Waals surface area (Å²) in [6.07, 6.45) is 0.763. The van der Waals surface area contributed by atoms with Crippen LogP contribution in [0.3, 0.4) is 0 Å². The van der Waals surface area contributed by atoms with Gasteiger partial charge in [-0.05, 0) is 53.4 Å². The Labute approximate surface area is 237 Å². The fraction of sp³-hybridized carbons (Fsp3) is 0.296. The number of nitrogens with zero attached hydrogens (tertiary/aromatic N) is 4. The molecule has 0 N–H and O–H groups in total. The Balaban J connectivity index is 1.55. The molecule has 0 amide bonds. The van der Waals surface area contributed by atoms with Crippen LogP contribution in [0.25, 0.3) is 21.7 Å². The van der Waals surface area contributed by atoms with Gasteiger partial charge in [0.25, 0.3) is 5.56 Å². The number of fused-ring (bicyclic) bond motifs is 5. The molecule has 3 aromatic heterocycles. The molecule has 0 saturated carbocycles. The van der Waals surface area contributed by atoms with Crippen molar-refractivity contribution in [1.29, 1.82) is 0 Å². The van der Waals surface area contributed by atoms with E-state index >= 15 is 0 Å². The fourth-order valence-corrected chi connectivity index (χ4v) is 7.20. The molecule has 6 rings (SSSR count). The number of ether oxygens (including phenoxy) is 2. The molecular formula is C27H24Cl2N4O3S2. The molecule has 0 radical (unpaired) electrons. The van der Waals surface area contributed by atoms with E-state index in [9.17, 15) is 4.79 Å². The molecule has 0 unspecified atom stereocenters.